The van der Waals surface area contributed by atoms with Crippen molar-refractivity contribution in [2.24, 2.45) is 0 Å². The van der Waals surface area contributed by atoms with Crippen molar-refractivity contribution >= 4 is 16.9 Å². The largest absolute Gasteiger partial charge is 0.489 e. The van der Waals surface area contributed by atoms with Gasteiger partial charge in [0.25, 0.3) is 0 Å². The summed E-state index contributed by atoms with van der Waals surface area (Å²) in [4.78, 5) is 20.6. The Balaban J connectivity index is 1.37. The Morgan fingerprint density at radius 1 is 0.974 bits per heavy atom. The van der Waals surface area contributed by atoms with E-state index in [0.717, 1.165) is 61.6 Å². The fourth-order valence-corrected chi connectivity index (χ4v) is 4.59. The highest BCUT2D eigenvalue weighted by molar-refractivity contribution is 5.92. The van der Waals surface area contributed by atoms with Crippen LogP contribution in [0.1, 0.15) is 52.8 Å². The lowest BCUT2D eigenvalue weighted by Gasteiger charge is -2.12. The minimum atomic E-state index is -0.448. The smallest absolute Gasteiger partial charge is 0.356 e. The van der Waals surface area contributed by atoms with Gasteiger partial charge in [-0.25, -0.2) is 9.78 Å². The maximum absolute atomic E-state index is 11.8. The molecule has 0 saturated heterocycles. The Hall–Kier alpha value is -4.52. The number of benzene rings is 2. The van der Waals surface area contributed by atoms with Crippen molar-refractivity contribution in [3.63, 3.8) is 0 Å². The van der Waals surface area contributed by atoms with E-state index < -0.39 is 5.97 Å². The Morgan fingerprint density at radius 2 is 1.74 bits per heavy atom. The molecule has 38 heavy (non-hydrogen) atoms. The number of aryl methyl sites for hydroxylation is 2. The van der Waals surface area contributed by atoms with Crippen molar-refractivity contribution in [2.75, 3.05) is 7.11 Å². The van der Waals surface area contributed by atoms with E-state index in [9.17, 15) is 4.79 Å². The van der Waals surface area contributed by atoms with Gasteiger partial charge in [0.2, 0.25) is 0 Å². The molecule has 0 spiro atoms. The number of hydrogen-bond acceptors (Lipinski definition) is 7. The number of methoxy groups -OCH3 is 1. The van der Waals surface area contributed by atoms with Gasteiger partial charge in [-0.3, -0.25) is 4.98 Å². The molecule has 0 atom stereocenters. The maximum Gasteiger partial charge on any atom is 0.356 e. The van der Waals surface area contributed by atoms with Crippen molar-refractivity contribution in [1.82, 2.24) is 15.1 Å². The van der Waals surface area contributed by atoms with Crippen molar-refractivity contribution < 1.29 is 18.8 Å². The fraction of sp³-hybridized carbons (Fsp3) is 0.226. The SMILES string of the molecule is COC(=O)c1ccc2cc(-c3ccc(OCc4c(-c5c(C)ccnc5C)noc4C(C)C)cc3)ccc2n1. The Morgan fingerprint density at radius 3 is 2.45 bits per heavy atom. The number of fused-ring (bicyclic) bond motifs is 1. The predicted octanol–water partition coefficient (Wildman–Crippen LogP) is 7.06. The van der Waals surface area contributed by atoms with Gasteiger partial charge >= 0.3 is 5.97 Å². The number of aromatic nitrogens is 3. The zero-order valence-corrected chi connectivity index (χ0v) is 22.1. The second-order valence-electron chi connectivity index (χ2n) is 9.53. The van der Waals surface area contributed by atoms with Crippen LogP contribution in [0.5, 0.6) is 5.75 Å². The molecule has 3 heterocycles. The summed E-state index contributed by atoms with van der Waals surface area (Å²) in [7, 11) is 1.35. The lowest BCUT2D eigenvalue weighted by Crippen LogP contribution is -2.03. The van der Waals surface area contributed by atoms with Crippen LogP contribution >= 0.6 is 0 Å². The monoisotopic (exact) mass is 507 g/mol. The average molecular weight is 508 g/mol. The van der Waals surface area contributed by atoms with Crippen LogP contribution in [0.25, 0.3) is 33.3 Å². The molecule has 0 bridgehead atoms. The fourth-order valence-electron chi connectivity index (χ4n) is 4.59. The molecular weight excluding hydrogens is 478 g/mol. The van der Waals surface area contributed by atoms with E-state index in [1.54, 1.807) is 12.3 Å². The van der Waals surface area contributed by atoms with Crippen LogP contribution in [0.3, 0.4) is 0 Å². The van der Waals surface area contributed by atoms with Gasteiger partial charge in [0.05, 0.1) is 18.2 Å². The minimum Gasteiger partial charge on any atom is -0.489 e. The number of hydrogen-bond donors (Lipinski definition) is 0. The van der Waals surface area contributed by atoms with Gasteiger partial charge < -0.3 is 14.0 Å². The summed E-state index contributed by atoms with van der Waals surface area (Å²) < 4.78 is 16.7. The number of nitrogens with zero attached hydrogens (tertiary/aromatic N) is 3. The van der Waals surface area contributed by atoms with Crippen LogP contribution < -0.4 is 4.74 Å². The molecule has 5 aromatic rings. The summed E-state index contributed by atoms with van der Waals surface area (Å²) in [6.45, 7) is 8.54. The topological polar surface area (TPSA) is 87.3 Å². The van der Waals surface area contributed by atoms with E-state index in [4.69, 9.17) is 14.0 Å². The Bertz CT molecular complexity index is 1600. The van der Waals surface area contributed by atoms with Crippen LogP contribution in [0.2, 0.25) is 0 Å². The van der Waals surface area contributed by atoms with Gasteiger partial charge in [-0.05, 0) is 66.9 Å². The normalized spacial score (nSPS) is 11.2. The summed E-state index contributed by atoms with van der Waals surface area (Å²) in [6.07, 6.45) is 1.81. The maximum atomic E-state index is 11.8. The molecule has 0 radical (unpaired) electrons. The summed E-state index contributed by atoms with van der Waals surface area (Å²) in [5, 5.41) is 5.36. The highest BCUT2D eigenvalue weighted by Crippen LogP contribution is 2.34. The molecule has 192 valence electrons. The molecule has 0 unspecified atom stereocenters. The summed E-state index contributed by atoms with van der Waals surface area (Å²) in [5.41, 5.74) is 7.84. The highest BCUT2D eigenvalue weighted by Gasteiger charge is 2.23. The van der Waals surface area contributed by atoms with Crippen molar-refractivity contribution in [3.05, 3.63) is 95.1 Å². The quantitative estimate of drug-likeness (QED) is 0.218. The van der Waals surface area contributed by atoms with E-state index >= 15 is 0 Å². The summed E-state index contributed by atoms with van der Waals surface area (Å²) in [5.74, 6) is 1.29. The number of esters is 1. The molecule has 0 saturated carbocycles. The summed E-state index contributed by atoms with van der Waals surface area (Å²) in [6, 6.07) is 19.5. The first-order chi connectivity index (χ1) is 18.4. The van der Waals surface area contributed by atoms with Gasteiger partial charge in [-0.15, -0.1) is 0 Å². The number of carbonyl (C=O) groups excluding carboxylic acids is 1. The molecule has 0 N–H and O–H groups in total. The van der Waals surface area contributed by atoms with E-state index in [1.165, 1.54) is 7.11 Å². The van der Waals surface area contributed by atoms with E-state index in [2.05, 4.69) is 42.0 Å². The second kappa shape index (κ2) is 10.5. The first-order valence-electron chi connectivity index (χ1n) is 12.5. The molecule has 5 rings (SSSR count). The third-order valence-electron chi connectivity index (χ3n) is 6.58. The molecule has 3 aromatic heterocycles. The van der Waals surface area contributed by atoms with E-state index in [0.29, 0.717) is 12.3 Å². The lowest BCUT2D eigenvalue weighted by atomic mass is 9.98. The minimum absolute atomic E-state index is 0.167. The van der Waals surface area contributed by atoms with Crippen LogP contribution in [-0.4, -0.2) is 28.2 Å². The number of ether oxygens (including phenoxy) is 2. The van der Waals surface area contributed by atoms with Crippen molar-refractivity contribution in [2.45, 2.75) is 40.2 Å². The first-order valence-corrected chi connectivity index (χ1v) is 12.5. The van der Waals surface area contributed by atoms with Gasteiger partial charge in [0.15, 0.2) is 0 Å². The predicted molar refractivity (Wildman–Crippen MR) is 146 cm³/mol. The zero-order valence-electron chi connectivity index (χ0n) is 22.1. The Kier molecular flexibility index (Phi) is 6.92. The van der Waals surface area contributed by atoms with E-state index in [-0.39, 0.29) is 5.92 Å². The molecule has 0 aliphatic carbocycles. The second-order valence-corrected chi connectivity index (χ2v) is 9.53. The lowest BCUT2D eigenvalue weighted by molar-refractivity contribution is 0.0594. The first kappa shape index (κ1) is 25.1. The third-order valence-corrected chi connectivity index (χ3v) is 6.58. The van der Waals surface area contributed by atoms with Gasteiger partial charge in [0, 0.05) is 28.8 Å². The number of pyridine rings is 2. The molecular formula is C31H29N3O4. The number of carbonyl (C=O) groups is 1. The highest BCUT2D eigenvalue weighted by atomic mass is 16.5. The molecule has 7 nitrogen and oxygen atoms in total. The van der Waals surface area contributed by atoms with Crippen molar-refractivity contribution in [1.29, 1.82) is 0 Å². The van der Waals surface area contributed by atoms with E-state index in [1.807, 2.05) is 55.5 Å². The number of rotatable bonds is 7. The zero-order chi connectivity index (χ0) is 26.8. The van der Waals surface area contributed by atoms with Gasteiger partial charge in [0.1, 0.15) is 29.5 Å². The van der Waals surface area contributed by atoms with Gasteiger partial charge in [-0.1, -0.05) is 43.3 Å². The Labute approximate surface area is 221 Å². The standard InChI is InChI=1S/C31H29N3O4/c1-18(2)30-25(29(34-38-30)28-19(3)14-15-32-20(28)4)17-37-24-10-6-21(7-11-24)22-8-12-26-23(16-22)9-13-27(33-26)31(35)36-5/h6-16,18H,17H2,1-5H3. The van der Waals surface area contributed by atoms with Gasteiger partial charge in [-0.2, -0.15) is 0 Å². The van der Waals surface area contributed by atoms with Crippen molar-refractivity contribution in [3.8, 4) is 28.1 Å². The molecule has 2 aromatic carbocycles. The third kappa shape index (κ3) is 4.87. The van der Waals surface area contributed by atoms with Crippen LogP contribution in [0.15, 0.2) is 71.4 Å². The van der Waals surface area contributed by atoms with Crippen LogP contribution in [0.4, 0.5) is 0 Å². The molecule has 0 aliphatic heterocycles. The van der Waals surface area contributed by atoms with Crippen LogP contribution in [-0.2, 0) is 11.3 Å². The molecule has 0 fully saturated rings. The molecule has 7 heteroatoms. The molecule has 0 aliphatic rings. The summed E-state index contributed by atoms with van der Waals surface area (Å²) >= 11 is 0. The van der Waals surface area contributed by atoms with Crippen LogP contribution in [0, 0.1) is 13.8 Å². The molecule has 0 amide bonds. The average Bonchev–Trinajstić information content (AvgIpc) is 3.35.